The van der Waals surface area contributed by atoms with E-state index in [1.807, 2.05) is 48.5 Å². The molecule has 0 bridgehead atoms. The molecule has 0 atom stereocenters. The molecule has 0 unspecified atom stereocenters. The molecule has 0 spiro atoms. The van der Waals surface area contributed by atoms with Crippen LogP contribution in [-0.4, -0.2) is 19.6 Å². The standard InChI is InChI=1S/C19H17ClN2O2/c1-24-18-9-8-15(11-17(18)20)21-12-19(23)22-16-7-6-13-4-2-3-5-14(13)10-16/h2-11,21H,12H2,1H3,(H,22,23). The van der Waals surface area contributed by atoms with Gasteiger partial charge in [-0.15, -0.1) is 0 Å². The van der Waals surface area contributed by atoms with Gasteiger partial charge in [-0.05, 0) is 41.1 Å². The molecule has 24 heavy (non-hydrogen) atoms. The van der Waals surface area contributed by atoms with Crippen LogP contribution in [0, 0.1) is 0 Å². The Morgan fingerprint density at radius 1 is 1.00 bits per heavy atom. The second-order valence-electron chi connectivity index (χ2n) is 5.31. The first-order valence-electron chi connectivity index (χ1n) is 7.52. The van der Waals surface area contributed by atoms with E-state index in [1.54, 1.807) is 19.2 Å². The summed E-state index contributed by atoms with van der Waals surface area (Å²) >= 11 is 6.06. The number of carbonyl (C=O) groups excluding carboxylic acids is 1. The van der Waals surface area contributed by atoms with Crippen LogP contribution in [0.1, 0.15) is 0 Å². The molecule has 3 aromatic carbocycles. The van der Waals surface area contributed by atoms with E-state index < -0.39 is 0 Å². The minimum absolute atomic E-state index is 0.128. The van der Waals surface area contributed by atoms with Crippen molar-refractivity contribution in [3.05, 3.63) is 65.7 Å². The van der Waals surface area contributed by atoms with Crippen LogP contribution in [0.5, 0.6) is 5.75 Å². The number of fused-ring (bicyclic) bond motifs is 1. The molecule has 0 aliphatic rings. The average molecular weight is 341 g/mol. The van der Waals surface area contributed by atoms with Crippen LogP contribution in [0.25, 0.3) is 10.8 Å². The molecule has 0 aliphatic heterocycles. The van der Waals surface area contributed by atoms with Gasteiger partial charge in [0.05, 0.1) is 18.7 Å². The van der Waals surface area contributed by atoms with Gasteiger partial charge in [0, 0.05) is 11.4 Å². The lowest BCUT2D eigenvalue weighted by Gasteiger charge is -2.10. The highest BCUT2D eigenvalue weighted by Gasteiger charge is 2.05. The maximum atomic E-state index is 12.1. The van der Waals surface area contributed by atoms with Crippen molar-refractivity contribution in [2.75, 3.05) is 24.3 Å². The van der Waals surface area contributed by atoms with E-state index >= 15 is 0 Å². The fraction of sp³-hybridized carbons (Fsp3) is 0.105. The van der Waals surface area contributed by atoms with Crippen LogP contribution in [0.3, 0.4) is 0 Å². The molecule has 0 fully saturated rings. The average Bonchev–Trinajstić information content (AvgIpc) is 2.60. The third kappa shape index (κ3) is 3.78. The molecule has 122 valence electrons. The summed E-state index contributed by atoms with van der Waals surface area (Å²) in [5, 5.41) is 8.65. The van der Waals surface area contributed by atoms with Gasteiger partial charge in [-0.1, -0.05) is 41.9 Å². The Hall–Kier alpha value is -2.72. The Morgan fingerprint density at radius 2 is 1.75 bits per heavy atom. The number of ether oxygens (including phenoxy) is 1. The predicted octanol–water partition coefficient (Wildman–Crippen LogP) is 4.55. The van der Waals surface area contributed by atoms with Crippen LogP contribution < -0.4 is 15.4 Å². The number of rotatable bonds is 5. The van der Waals surface area contributed by atoms with Gasteiger partial charge in [-0.3, -0.25) is 4.79 Å². The minimum atomic E-state index is -0.128. The summed E-state index contributed by atoms with van der Waals surface area (Å²) in [6.07, 6.45) is 0. The first-order chi connectivity index (χ1) is 11.7. The zero-order valence-corrected chi connectivity index (χ0v) is 13.9. The molecule has 0 saturated carbocycles. The summed E-state index contributed by atoms with van der Waals surface area (Å²) in [5.41, 5.74) is 1.53. The Balaban J connectivity index is 1.61. The first kappa shape index (κ1) is 16.1. The topological polar surface area (TPSA) is 50.4 Å². The number of hydrogen-bond donors (Lipinski definition) is 2. The van der Waals surface area contributed by atoms with Crippen LogP contribution in [0.4, 0.5) is 11.4 Å². The Bertz CT molecular complexity index is 880. The molecule has 3 rings (SSSR count). The van der Waals surface area contributed by atoms with Gasteiger partial charge in [-0.25, -0.2) is 0 Å². The van der Waals surface area contributed by atoms with Gasteiger partial charge in [0.15, 0.2) is 0 Å². The number of halogens is 1. The molecule has 0 saturated heterocycles. The molecule has 2 N–H and O–H groups in total. The van der Waals surface area contributed by atoms with Crippen molar-refractivity contribution >= 4 is 39.7 Å². The second kappa shape index (κ2) is 7.23. The van der Waals surface area contributed by atoms with Crippen molar-refractivity contribution in [3.8, 4) is 5.75 Å². The van der Waals surface area contributed by atoms with Crippen molar-refractivity contribution < 1.29 is 9.53 Å². The maximum absolute atomic E-state index is 12.1. The maximum Gasteiger partial charge on any atom is 0.243 e. The normalized spacial score (nSPS) is 10.4. The molecule has 0 radical (unpaired) electrons. The number of nitrogens with one attached hydrogen (secondary N) is 2. The van der Waals surface area contributed by atoms with Gasteiger partial charge >= 0.3 is 0 Å². The Morgan fingerprint density at radius 3 is 2.50 bits per heavy atom. The van der Waals surface area contributed by atoms with Crippen molar-refractivity contribution in [2.45, 2.75) is 0 Å². The van der Waals surface area contributed by atoms with E-state index in [0.29, 0.717) is 10.8 Å². The molecule has 1 amide bonds. The van der Waals surface area contributed by atoms with E-state index in [0.717, 1.165) is 22.1 Å². The van der Waals surface area contributed by atoms with Crippen molar-refractivity contribution in [1.82, 2.24) is 0 Å². The lowest BCUT2D eigenvalue weighted by Crippen LogP contribution is -2.21. The molecular weight excluding hydrogens is 324 g/mol. The number of methoxy groups -OCH3 is 1. The fourth-order valence-corrected chi connectivity index (χ4v) is 2.69. The predicted molar refractivity (Wildman–Crippen MR) is 99.1 cm³/mol. The largest absolute Gasteiger partial charge is 0.495 e. The quantitative estimate of drug-likeness (QED) is 0.716. The zero-order valence-electron chi connectivity index (χ0n) is 13.2. The molecule has 3 aromatic rings. The van der Waals surface area contributed by atoms with Gasteiger partial charge in [-0.2, -0.15) is 0 Å². The van der Waals surface area contributed by atoms with Gasteiger partial charge in [0.1, 0.15) is 5.75 Å². The number of anilines is 2. The van der Waals surface area contributed by atoms with E-state index in [4.69, 9.17) is 16.3 Å². The van der Waals surface area contributed by atoms with Crippen molar-refractivity contribution in [1.29, 1.82) is 0 Å². The molecule has 0 aliphatic carbocycles. The Kier molecular flexibility index (Phi) is 4.87. The first-order valence-corrected chi connectivity index (χ1v) is 7.89. The molecule has 5 heteroatoms. The lowest BCUT2D eigenvalue weighted by atomic mass is 10.1. The Labute approximate surface area is 145 Å². The zero-order chi connectivity index (χ0) is 16.9. The highest BCUT2D eigenvalue weighted by Crippen LogP contribution is 2.27. The molecular formula is C19H17ClN2O2. The smallest absolute Gasteiger partial charge is 0.243 e. The lowest BCUT2D eigenvalue weighted by molar-refractivity contribution is -0.114. The molecule has 0 heterocycles. The van der Waals surface area contributed by atoms with Gasteiger partial charge in [0.25, 0.3) is 0 Å². The summed E-state index contributed by atoms with van der Waals surface area (Å²) < 4.78 is 5.10. The van der Waals surface area contributed by atoms with Crippen LogP contribution in [0.15, 0.2) is 60.7 Å². The highest BCUT2D eigenvalue weighted by atomic mass is 35.5. The van der Waals surface area contributed by atoms with Gasteiger partial charge in [0.2, 0.25) is 5.91 Å². The summed E-state index contributed by atoms with van der Waals surface area (Å²) in [7, 11) is 1.56. The monoisotopic (exact) mass is 340 g/mol. The third-order valence-corrected chi connectivity index (χ3v) is 3.93. The van der Waals surface area contributed by atoms with E-state index in [2.05, 4.69) is 10.6 Å². The van der Waals surface area contributed by atoms with Gasteiger partial charge < -0.3 is 15.4 Å². The summed E-state index contributed by atoms with van der Waals surface area (Å²) in [5.74, 6) is 0.472. The fourth-order valence-electron chi connectivity index (χ4n) is 2.43. The summed E-state index contributed by atoms with van der Waals surface area (Å²) in [4.78, 5) is 12.1. The van der Waals surface area contributed by atoms with Crippen molar-refractivity contribution in [2.24, 2.45) is 0 Å². The minimum Gasteiger partial charge on any atom is -0.495 e. The van der Waals surface area contributed by atoms with E-state index in [9.17, 15) is 4.79 Å². The highest BCUT2D eigenvalue weighted by molar-refractivity contribution is 6.32. The third-order valence-electron chi connectivity index (χ3n) is 3.64. The number of hydrogen-bond acceptors (Lipinski definition) is 3. The summed E-state index contributed by atoms with van der Waals surface area (Å²) in [6.45, 7) is 0.148. The van der Waals surface area contributed by atoms with Crippen LogP contribution in [0.2, 0.25) is 5.02 Å². The number of amides is 1. The van der Waals surface area contributed by atoms with E-state index in [1.165, 1.54) is 0 Å². The summed E-state index contributed by atoms with van der Waals surface area (Å²) in [6, 6.07) is 19.2. The second-order valence-corrected chi connectivity index (χ2v) is 5.72. The molecule has 4 nitrogen and oxygen atoms in total. The van der Waals surface area contributed by atoms with Crippen LogP contribution in [-0.2, 0) is 4.79 Å². The number of benzene rings is 3. The van der Waals surface area contributed by atoms with Crippen LogP contribution >= 0.6 is 11.6 Å². The number of carbonyl (C=O) groups is 1. The SMILES string of the molecule is COc1ccc(NCC(=O)Nc2ccc3ccccc3c2)cc1Cl. The van der Waals surface area contributed by atoms with Crippen molar-refractivity contribution in [3.63, 3.8) is 0 Å². The molecule has 0 aromatic heterocycles. The van der Waals surface area contributed by atoms with E-state index in [-0.39, 0.29) is 12.5 Å².